The second-order valence-corrected chi connectivity index (χ2v) is 18.5. The summed E-state index contributed by atoms with van der Waals surface area (Å²) in [6.07, 6.45) is 4.11. The molecule has 1 aliphatic heterocycles. The molecule has 4 rings (SSSR count). The molecule has 32 heavy (non-hydrogen) atoms. The van der Waals surface area contributed by atoms with Gasteiger partial charge in [0.1, 0.15) is 5.60 Å². The third kappa shape index (κ3) is 5.16. The molecule has 1 saturated heterocycles. The van der Waals surface area contributed by atoms with Crippen LogP contribution in [-0.4, -0.2) is 44.8 Å². The van der Waals surface area contributed by atoms with Crippen LogP contribution >= 0.6 is 0 Å². The summed E-state index contributed by atoms with van der Waals surface area (Å²) < 4.78 is 25.3. The summed E-state index contributed by atoms with van der Waals surface area (Å²) in [5.74, 6) is 1.11. The van der Waals surface area contributed by atoms with Crippen molar-refractivity contribution in [1.82, 2.24) is 0 Å². The van der Waals surface area contributed by atoms with Crippen LogP contribution in [0.4, 0.5) is 0 Å². The monoisotopic (exact) mass is 466 g/mol. The second-order valence-electron chi connectivity index (χ2n) is 13.8. The fraction of sp³-hybridized carbons (Fsp3) is 0.960. The third-order valence-corrected chi connectivity index (χ3v) is 13.3. The largest absolute Gasteiger partial charge is 0.460 e. The summed E-state index contributed by atoms with van der Waals surface area (Å²) in [5, 5.41) is 0.0779. The number of carbonyl (C=O) groups is 1. The first-order valence-corrected chi connectivity index (χ1v) is 15.5. The highest BCUT2D eigenvalue weighted by Crippen LogP contribution is 2.65. The molecule has 1 heterocycles. The molecule has 0 aromatic heterocycles. The number of rotatable bonds is 7. The number of hydrogen-bond acceptors (Lipinski definition) is 5. The van der Waals surface area contributed by atoms with Gasteiger partial charge >= 0.3 is 13.1 Å². The van der Waals surface area contributed by atoms with Crippen molar-refractivity contribution in [3.05, 3.63) is 0 Å². The van der Waals surface area contributed by atoms with Crippen LogP contribution in [0.15, 0.2) is 0 Å². The van der Waals surface area contributed by atoms with Crippen molar-refractivity contribution >= 4 is 21.4 Å². The zero-order chi connectivity index (χ0) is 24.3. The molecule has 5 atom stereocenters. The standard InChI is InChI=1S/C25H47BO5Si/c1-22(2,3)28-21(27)16-18(30-32(10,11)23(4,5)6)12-13-26-29-20-15-17-14-19(24(17,7)8)25(20,9)31-26/h17-20H,12-16H2,1-11H3/t17?,18?,19?,20?,25-/m0/s1. The Morgan fingerprint density at radius 2 is 1.75 bits per heavy atom. The van der Waals surface area contributed by atoms with E-state index in [1.54, 1.807) is 0 Å². The highest BCUT2D eigenvalue weighted by molar-refractivity contribution is 6.74. The van der Waals surface area contributed by atoms with Gasteiger partial charge in [-0.1, -0.05) is 34.6 Å². The smallest absolute Gasteiger partial charge is 0.457 e. The van der Waals surface area contributed by atoms with E-state index in [4.69, 9.17) is 18.5 Å². The molecular formula is C25H47BO5Si. The Morgan fingerprint density at radius 1 is 1.12 bits per heavy atom. The first kappa shape index (κ1) is 26.2. The maximum absolute atomic E-state index is 12.6. The molecule has 5 nitrogen and oxygen atoms in total. The predicted octanol–water partition coefficient (Wildman–Crippen LogP) is 6.23. The van der Waals surface area contributed by atoms with Crippen LogP contribution in [0, 0.1) is 17.3 Å². The van der Waals surface area contributed by atoms with Gasteiger partial charge in [0.25, 0.3) is 0 Å². The van der Waals surface area contributed by atoms with Gasteiger partial charge in [-0.2, -0.15) is 0 Å². The van der Waals surface area contributed by atoms with E-state index in [1.807, 2.05) is 20.8 Å². The molecule has 184 valence electrons. The van der Waals surface area contributed by atoms with Gasteiger partial charge in [-0.05, 0) is 88.7 Å². The molecule has 7 heteroatoms. The molecule has 4 unspecified atom stereocenters. The summed E-state index contributed by atoms with van der Waals surface area (Å²) in [6, 6.07) is 0. The van der Waals surface area contributed by atoms with Crippen molar-refractivity contribution in [3.63, 3.8) is 0 Å². The molecule has 0 amide bonds. The van der Waals surface area contributed by atoms with Gasteiger partial charge < -0.3 is 18.5 Å². The average Bonchev–Trinajstić information content (AvgIpc) is 2.92. The fourth-order valence-electron chi connectivity index (χ4n) is 5.76. The highest BCUT2D eigenvalue weighted by atomic mass is 28.4. The van der Waals surface area contributed by atoms with Crippen molar-refractivity contribution in [2.75, 3.05) is 0 Å². The second kappa shape index (κ2) is 8.39. The lowest BCUT2D eigenvalue weighted by Gasteiger charge is -2.64. The SMILES string of the molecule is CC(C)(C)OC(=O)CC(CCB1OC2CC3CC(C3(C)C)[C@]2(C)O1)O[Si](C)(C)C(C)(C)C. The Bertz CT molecular complexity index is 710. The number of hydrogen-bond donors (Lipinski definition) is 0. The summed E-state index contributed by atoms with van der Waals surface area (Å²) in [4.78, 5) is 12.6. The van der Waals surface area contributed by atoms with Crippen molar-refractivity contribution in [2.24, 2.45) is 17.3 Å². The molecule has 4 fully saturated rings. The maximum Gasteiger partial charge on any atom is 0.457 e. The molecule has 3 saturated carbocycles. The molecule has 3 aliphatic carbocycles. The third-order valence-electron chi connectivity index (χ3n) is 8.81. The summed E-state index contributed by atoms with van der Waals surface area (Å²) in [6.45, 7) is 23.9. The van der Waals surface area contributed by atoms with Crippen molar-refractivity contribution in [3.8, 4) is 0 Å². The van der Waals surface area contributed by atoms with E-state index in [1.165, 1.54) is 6.42 Å². The first-order chi connectivity index (χ1) is 14.3. The maximum atomic E-state index is 12.6. The van der Waals surface area contributed by atoms with Gasteiger partial charge in [0, 0.05) is 0 Å². The minimum atomic E-state index is -2.03. The Balaban J connectivity index is 1.64. The van der Waals surface area contributed by atoms with Gasteiger partial charge in [-0.25, -0.2) is 0 Å². The molecule has 0 N–H and O–H groups in total. The summed E-state index contributed by atoms with van der Waals surface area (Å²) in [5.41, 5.74) is -0.341. The van der Waals surface area contributed by atoms with Crippen LogP contribution in [0.25, 0.3) is 0 Å². The van der Waals surface area contributed by atoms with Crippen LogP contribution in [0.5, 0.6) is 0 Å². The summed E-state index contributed by atoms with van der Waals surface area (Å²) in [7, 11) is -2.25. The quantitative estimate of drug-likeness (QED) is 0.329. The molecular weight excluding hydrogens is 419 g/mol. The lowest BCUT2D eigenvalue weighted by Crippen LogP contribution is -2.65. The molecule has 0 aromatic carbocycles. The molecule has 2 bridgehead atoms. The molecule has 0 aromatic rings. The fourth-order valence-corrected chi connectivity index (χ4v) is 7.15. The van der Waals surface area contributed by atoms with Crippen LogP contribution < -0.4 is 0 Å². The Morgan fingerprint density at radius 3 is 2.28 bits per heavy atom. The number of ether oxygens (including phenoxy) is 1. The van der Waals surface area contributed by atoms with E-state index in [0.717, 1.165) is 25.1 Å². The van der Waals surface area contributed by atoms with E-state index < -0.39 is 13.9 Å². The number of carbonyl (C=O) groups excluding carboxylic acids is 1. The van der Waals surface area contributed by atoms with Gasteiger partial charge in [-0.15, -0.1) is 0 Å². The van der Waals surface area contributed by atoms with Crippen molar-refractivity contribution in [1.29, 1.82) is 0 Å². The average molecular weight is 467 g/mol. The van der Waals surface area contributed by atoms with Crippen molar-refractivity contribution < 1.29 is 23.3 Å². The minimum absolute atomic E-state index is 0.0779. The molecule has 4 aliphatic rings. The van der Waals surface area contributed by atoms with Crippen LogP contribution in [0.3, 0.4) is 0 Å². The van der Waals surface area contributed by atoms with Crippen LogP contribution in [-0.2, 0) is 23.3 Å². The van der Waals surface area contributed by atoms with E-state index in [-0.39, 0.29) is 42.4 Å². The predicted molar refractivity (Wildman–Crippen MR) is 132 cm³/mol. The Kier molecular flexibility index (Phi) is 6.88. The summed E-state index contributed by atoms with van der Waals surface area (Å²) >= 11 is 0. The Hall–Kier alpha value is -0.368. The van der Waals surface area contributed by atoms with Crippen LogP contribution in [0.1, 0.15) is 88.0 Å². The first-order valence-electron chi connectivity index (χ1n) is 12.6. The van der Waals surface area contributed by atoms with Crippen LogP contribution in [0.2, 0.25) is 24.5 Å². The van der Waals surface area contributed by atoms with Crippen molar-refractivity contribution in [2.45, 2.75) is 136 Å². The molecule has 0 radical (unpaired) electrons. The minimum Gasteiger partial charge on any atom is -0.460 e. The zero-order valence-electron chi connectivity index (χ0n) is 22.5. The zero-order valence-corrected chi connectivity index (χ0v) is 23.5. The lowest BCUT2D eigenvalue weighted by molar-refractivity contribution is -0.199. The highest BCUT2D eigenvalue weighted by Gasteiger charge is 2.67. The normalized spacial score (nSPS) is 32.8. The Labute approximate surface area is 197 Å². The van der Waals surface area contributed by atoms with Gasteiger partial charge in [-0.3, -0.25) is 4.79 Å². The van der Waals surface area contributed by atoms with E-state index in [2.05, 4.69) is 54.6 Å². The van der Waals surface area contributed by atoms with E-state index in [9.17, 15) is 4.79 Å². The van der Waals surface area contributed by atoms with Gasteiger partial charge in [0.05, 0.1) is 24.2 Å². The lowest BCUT2D eigenvalue weighted by atomic mass is 9.43. The topological polar surface area (TPSA) is 54.0 Å². The van der Waals surface area contributed by atoms with E-state index >= 15 is 0 Å². The van der Waals surface area contributed by atoms with Gasteiger partial charge in [0.15, 0.2) is 8.32 Å². The van der Waals surface area contributed by atoms with E-state index in [0.29, 0.717) is 11.3 Å². The van der Waals surface area contributed by atoms with Gasteiger partial charge in [0.2, 0.25) is 0 Å². The number of esters is 1. The molecule has 0 spiro atoms.